The van der Waals surface area contributed by atoms with Gasteiger partial charge in [-0.15, -0.1) is 0 Å². The number of rotatable bonds is 2. The molecule has 5 nitrogen and oxygen atoms in total. The van der Waals surface area contributed by atoms with Gasteiger partial charge >= 0.3 is 7.12 Å². The van der Waals surface area contributed by atoms with Gasteiger partial charge in [-0.2, -0.15) is 5.10 Å². The van der Waals surface area contributed by atoms with Gasteiger partial charge in [-0.3, -0.25) is 0 Å². The molecule has 2 aromatic rings. The van der Waals surface area contributed by atoms with E-state index in [1.165, 1.54) is 0 Å². The average molecular weight is 246 g/mol. The van der Waals surface area contributed by atoms with Crippen LogP contribution in [0.5, 0.6) is 0 Å². The molecule has 1 aliphatic rings. The standard InChI is InChI=1S/C12H15BN2O3/c16-13(17)10-5-4-9-8-14-15(11(9)7-10)12-3-1-2-6-18-12/h4-5,7-8,12,16-17H,1-3,6H2. The van der Waals surface area contributed by atoms with Crippen molar-refractivity contribution in [3.63, 3.8) is 0 Å². The average Bonchev–Trinajstić information content (AvgIpc) is 2.82. The molecule has 1 unspecified atom stereocenters. The van der Waals surface area contributed by atoms with Gasteiger partial charge < -0.3 is 14.8 Å². The summed E-state index contributed by atoms with van der Waals surface area (Å²) >= 11 is 0. The number of ether oxygens (including phenoxy) is 1. The third-order valence-electron chi connectivity index (χ3n) is 3.35. The molecule has 0 aliphatic carbocycles. The predicted octanol–water partition coefficient (Wildman–Crippen LogP) is 0.415. The quantitative estimate of drug-likeness (QED) is 0.753. The highest BCUT2D eigenvalue weighted by atomic mass is 16.5. The number of hydrogen-bond acceptors (Lipinski definition) is 4. The lowest BCUT2D eigenvalue weighted by Gasteiger charge is -2.23. The molecule has 1 fully saturated rings. The molecular formula is C12H15BN2O3. The fraction of sp³-hybridized carbons (Fsp3) is 0.417. The van der Waals surface area contributed by atoms with Crippen molar-refractivity contribution in [1.82, 2.24) is 9.78 Å². The zero-order valence-corrected chi connectivity index (χ0v) is 9.99. The molecule has 0 saturated carbocycles. The third-order valence-corrected chi connectivity index (χ3v) is 3.35. The van der Waals surface area contributed by atoms with Crippen LogP contribution in [-0.2, 0) is 4.74 Å². The summed E-state index contributed by atoms with van der Waals surface area (Å²) in [5.41, 5.74) is 1.35. The molecular weight excluding hydrogens is 231 g/mol. The maximum Gasteiger partial charge on any atom is 0.488 e. The van der Waals surface area contributed by atoms with Crippen molar-refractivity contribution < 1.29 is 14.8 Å². The summed E-state index contributed by atoms with van der Waals surface area (Å²) in [6, 6.07) is 5.29. The van der Waals surface area contributed by atoms with Gasteiger partial charge in [0.15, 0.2) is 6.23 Å². The molecule has 1 aromatic heterocycles. The molecule has 6 heteroatoms. The summed E-state index contributed by atoms with van der Waals surface area (Å²) in [6.07, 6.45) is 4.91. The van der Waals surface area contributed by atoms with Crippen LogP contribution in [0.3, 0.4) is 0 Å². The minimum atomic E-state index is -1.45. The first-order chi connectivity index (χ1) is 8.75. The zero-order chi connectivity index (χ0) is 12.5. The molecule has 2 heterocycles. The Morgan fingerprint density at radius 3 is 2.94 bits per heavy atom. The highest BCUT2D eigenvalue weighted by molar-refractivity contribution is 6.58. The number of hydrogen-bond donors (Lipinski definition) is 2. The zero-order valence-electron chi connectivity index (χ0n) is 9.99. The number of fused-ring (bicyclic) bond motifs is 1. The molecule has 0 spiro atoms. The number of benzene rings is 1. The van der Waals surface area contributed by atoms with Crippen LogP contribution in [0.1, 0.15) is 25.5 Å². The van der Waals surface area contributed by atoms with Gasteiger partial charge in [0.25, 0.3) is 0 Å². The van der Waals surface area contributed by atoms with Crippen molar-refractivity contribution in [2.75, 3.05) is 6.61 Å². The van der Waals surface area contributed by atoms with Crippen LogP contribution in [0.2, 0.25) is 0 Å². The van der Waals surface area contributed by atoms with E-state index in [4.69, 9.17) is 4.74 Å². The largest absolute Gasteiger partial charge is 0.488 e. The Labute approximate surface area is 105 Å². The fourth-order valence-electron chi connectivity index (χ4n) is 2.36. The van der Waals surface area contributed by atoms with Crippen LogP contribution in [-0.4, -0.2) is 33.6 Å². The Morgan fingerprint density at radius 1 is 1.33 bits per heavy atom. The summed E-state index contributed by atoms with van der Waals surface area (Å²) < 4.78 is 7.54. The minimum Gasteiger partial charge on any atom is -0.423 e. The molecule has 0 bridgehead atoms. The lowest BCUT2D eigenvalue weighted by Crippen LogP contribution is -2.29. The lowest BCUT2D eigenvalue weighted by atomic mass is 9.80. The second-order valence-corrected chi connectivity index (χ2v) is 4.60. The molecule has 18 heavy (non-hydrogen) atoms. The van der Waals surface area contributed by atoms with Crippen LogP contribution in [0.4, 0.5) is 0 Å². The molecule has 1 aromatic carbocycles. The smallest absolute Gasteiger partial charge is 0.423 e. The summed E-state index contributed by atoms with van der Waals surface area (Å²) in [7, 11) is -1.45. The van der Waals surface area contributed by atoms with Crippen molar-refractivity contribution >= 4 is 23.5 Å². The van der Waals surface area contributed by atoms with Gasteiger partial charge in [0.05, 0.1) is 11.7 Å². The van der Waals surface area contributed by atoms with Gasteiger partial charge in [-0.05, 0) is 30.8 Å². The Bertz CT molecular complexity index is 549. The van der Waals surface area contributed by atoms with E-state index < -0.39 is 7.12 Å². The SMILES string of the molecule is OB(O)c1ccc2cnn(C3CCCCO3)c2c1. The Morgan fingerprint density at radius 2 is 2.22 bits per heavy atom. The molecule has 1 saturated heterocycles. The fourth-order valence-corrected chi connectivity index (χ4v) is 2.36. The van der Waals surface area contributed by atoms with Gasteiger partial charge in [-0.1, -0.05) is 12.1 Å². The molecule has 2 N–H and O–H groups in total. The first kappa shape index (κ1) is 11.7. The van der Waals surface area contributed by atoms with Crippen molar-refractivity contribution in [2.45, 2.75) is 25.5 Å². The highest BCUT2D eigenvalue weighted by Crippen LogP contribution is 2.25. The van der Waals surface area contributed by atoms with Gasteiger partial charge in [0.2, 0.25) is 0 Å². The highest BCUT2D eigenvalue weighted by Gasteiger charge is 2.19. The van der Waals surface area contributed by atoms with Crippen LogP contribution in [0.15, 0.2) is 24.4 Å². The van der Waals surface area contributed by atoms with E-state index >= 15 is 0 Å². The Kier molecular flexibility index (Phi) is 3.07. The monoisotopic (exact) mass is 246 g/mol. The summed E-state index contributed by atoms with van der Waals surface area (Å²) in [6.45, 7) is 0.758. The van der Waals surface area contributed by atoms with Gasteiger partial charge in [0, 0.05) is 12.0 Å². The van der Waals surface area contributed by atoms with Gasteiger partial charge in [0.1, 0.15) is 0 Å². The van der Waals surface area contributed by atoms with E-state index in [0.717, 1.165) is 36.8 Å². The lowest BCUT2D eigenvalue weighted by molar-refractivity contribution is -0.0366. The topological polar surface area (TPSA) is 67.5 Å². The van der Waals surface area contributed by atoms with E-state index in [-0.39, 0.29) is 6.23 Å². The molecule has 1 atom stereocenters. The van der Waals surface area contributed by atoms with E-state index in [0.29, 0.717) is 5.46 Å². The van der Waals surface area contributed by atoms with Crippen molar-refractivity contribution in [2.24, 2.45) is 0 Å². The van der Waals surface area contributed by atoms with E-state index in [1.807, 2.05) is 10.7 Å². The summed E-state index contributed by atoms with van der Waals surface area (Å²) in [4.78, 5) is 0. The maximum atomic E-state index is 9.22. The summed E-state index contributed by atoms with van der Waals surface area (Å²) in [5, 5.41) is 23.8. The van der Waals surface area contributed by atoms with E-state index in [9.17, 15) is 10.0 Å². The Balaban J connectivity index is 2.03. The Hall–Kier alpha value is -1.37. The molecule has 1 aliphatic heterocycles. The second-order valence-electron chi connectivity index (χ2n) is 4.60. The molecule has 94 valence electrons. The third kappa shape index (κ3) is 2.03. The van der Waals surface area contributed by atoms with Crippen LogP contribution in [0.25, 0.3) is 10.9 Å². The molecule has 3 rings (SSSR count). The minimum absolute atomic E-state index is 0.0395. The van der Waals surface area contributed by atoms with Crippen LogP contribution < -0.4 is 5.46 Å². The maximum absolute atomic E-state index is 9.22. The normalized spacial score (nSPS) is 20.2. The van der Waals surface area contributed by atoms with E-state index in [2.05, 4.69) is 5.10 Å². The molecule has 0 amide bonds. The first-order valence-corrected chi connectivity index (χ1v) is 6.20. The number of aromatic nitrogens is 2. The van der Waals surface area contributed by atoms with Gasteiger partial charge in [-0.25, -0.2) is 4.68 Å². The van der Waals surface area contributed by atoms with Crippen molar-refractivity contribution in [1.29, 1.82) is 0 Å². The van der Waals surface area contributed by atoms with Crippen LogP contribution in [0, 0.1) is 0 Å². The molecule has 0 radical (unpaired) electrons. The first-order valence-electron chi connectivity index (χ1n) is 6.20. The second kappa shape index (κ2) is 4.72. The predicted molar refractivity (Wildman–Crippen MR) is 68.4 cm³/mol. The van der Waals surface area contributed by atoms with E-state index in [1.54, 1.807) is 18.3 Å². The van der Waals surface area contributed by atoms with Crippen molar-refractivity contribution in [3.8, 4) is 0 Å². The van der Waals surface area contributed by atoms with Crippen molar-refractivity contribution in [3.05, 3.63) is 24.4 Å². The summed E-state index contributed by atoms with van der Waals surface area (Å²) in [5.74, 6) is 0. The number of nitrogens with zero attached hydrogens (tertiary/aromatic N) is 2. The van der Waals surface area contributed by atoms with Crippen LogP contribution >= 0.6 is 0 Å².